The molecular formula is C12H27N5O4. The lowest BCUT2D eigenvalue weighted by molar-refractivity contribution is -0.140. The molecule has 0 fully saturated rings. The van der Waals surface area contributed by atoms with Crippen molar-refractivity contribution in [3.63, 3.8) is 0 Å². The topological polar surface area (TPSA) is 191 Å². The van der Waals surface area contributed by atoms with Gasteiger partial charge >= 0.3 is 11.9 Å². The van der Waals surface area contributed by atoms with E-state index in [1.165, 1.54) is 0 Å². The number of aliphatic imine (C=N–C) groups is 1. The fourth-order valence-electron chi connectivity index (χ4n) is 1.14. The van der Waals surface area contributed by atoms with Gasteiger partial charge in [-0.25, -0.2) is 0 Å². The number of carboxylic acids is 2. The molecule has 0 aliphatic heterocycles. The third-order valence-corrected chi connectivity index (χ3v) is 2.83. The molecule has 0 aromatic carbocycles. The van der Waals surface area contributed by atoms with E-state index in [1.807, 2.05) is 13.8 Å². The lowest BCUT2D eigenvalue weighted by Crippen LogP contribution is -2.36. The van der Waals surface area contributed by atoms with Gasteiger partial charge in [0.1, 0.15) is 12.1 Å². The van der Waals surface area contributed by atoms with Crippen molar-refractivity contribution in [2.45, 2.75) is 45.2 Å². The zero-order valence-electron chi connectivity index (χ0n) is 12.5. The normalized spacial score (nSPS) is 14.1. The third-order valence-electron chi connectivity index (χ3n) is 2.83. The van der Waals surface area contributed by atoms with Crippen LogP contribution in [0.3, 0.4) is 0 Å². The summed E-state index contributed by atoms with van der Waals surface area (Å²) in [6, 6.07) is -1.52. The highest BCUT2D eigenvalue weighted by molar-refractivity contribution is 5.75. The van der Waals surface area contributed by atoms with Crippen LogP contribution in [0.2, 0.25) is 0 Å². The SMILES string of the molecule is CCC(C)[C@H](N)C(=O)O.NC(N)=NCCC[C@@H](N)C(=O)O. The first-order chi connectivity index (χ1) is 9.63. The van der Waals surface area contributed by atoms with E-state index in [0.717, 1.165) is 6.42 Å². The van der Waals surface area contributed by atoms with Crippen molar-refractivity contribution in [3.05, 3.63) is 0 Å². The van der Waals surface area contributed by atoms with Gasteiger partial charge in [0.05, 0.1) is 0 Å². The molecule has 21 heavy (non-hydrogen) atoms. The highest BCUT2D eigenvalue weighted by Crippen LogP contribution is 2.04. The van der Waals surface area contributed by atoms with E-state index in [4.69, 9.17) is 33.1 Å². The third kappa shape index (κ3) is 12.9. The Morgan fingerprint density at radius 3 is 1.95 bits per heavy atom. The Labute approximate surface area is 124 Å². The Hall–Kier alpha value is -1.87. The Morgan fingerprint density at radius 2 is 1.67 bits per heavy atom. The van der Waals surface area contributed by atoms with Gasteiger partial charge in [-0.2, -0.15) is 0 Å². The number of carbonyl (C=O) groups is 2. The molecule has 0 aromatic heterocycles. The first kappa shape index (κ1) is 21.4. The van der Waals surface area contributed by atoms with Crippen molar-refractivity contribution >= 4 is 17.9 Å². The predicted molar refractivity (Wildman–Crippen MR) is 80.6 cm³/mol. The van der Waals surface area contributed by atoms with E-state index in [0.29, 0.717) is 19.4 Å². The van der Waals surface area contributed by atoms with Crippen molar-refractivity contribution in [1.82, 2.24) is 0 Å². The molecule has 0 spiro atoms. The Kier molecular flexibility index (Phi) is 12.2. The van der Waals surface area contributed by atoms with Gasteiger partial charge in [-0.15, -0.1) is 0 Å². The molecule has 9 nitrogen and oxygen atoms in total. The van der Waals surface area contributed by atoms with Crippen LogP contribution in [-0.2, 0) is 9.59 Å². The molecule has 0 saturated heterocycles. The molecule has 124 valence electrons. The summed E-state index contributed by atoms with van der Waals surface area (Å²) in [5.41, 5.74) is 20.6. The van der Waals surface area contributed by atoms with Crippen molar-refractivity contribution in [3.8, 4) is 0 Å². The highest BCUT2D eigenvalue weighted by Gasteiger charge is 2.17. The smallest absolute Gasteiger partial charge is 0.320 e. The molecule has 9 heteroatoms. The maximum absolute atomic E-state index is 10.2. The second kappa shape index (κ2) is 11.9. The van der Waals surface area contributed by atoms with Gasteiger partial charge < -0.3 is 33.1 Å². The zero-order valence-corrected chi connectivity index (χ0v) is 12.5. The fraction of sp³-hybridized carbons (Fsp3) is 0.750. The maximum atomic E-state index is 10.2. The van der Waals surface area contributed by atoms with Gasteiger partial charge in [0, 0.05) is 6.54 Å². The number of guanidine groups is 1. The Bertz CT molecular complexity index is 345. The van der Waals surface area contributed by atoms with Crippen LogP contribution in [-0.4, -0.2) is 46.7 Å². The quantitative estimate of drug-likeness (QED) is 0.185. The van der Waals surface area contributed by atoms with Crippen LogP contribution >= 0.6 is 0 Å². The van der Waals surface area contributed by atoms with Crippen LogP contribution in [0.25, 0.3) is 0 Å². The summed E-state index contributed by atoms with van der Waals surface area (Å²) < 4.78 is 0. The number of rotatable bonds is 8. The minimum absolute atomic E-state index is 0.0129. The van der Waals surface area contributed by atoms with E-state index >= 15 is 0 Å². The lowest BCUT2D eigenvalue weighted by Gasteiger charge is -2.11. The molecule has 0 radical (unpaired) electrons. The summed E-state index contributed by atoms with van der Waals surface area (Å²) in [4.78, 5) is 24.1. The van der Waals surface area contributed by atoms with Crippen molar-refractivity contribution in [1.29, 1.82) is 0 Å². The van der Waals surface area contributed by atoms with Gasteiger partial charge in [0.15, 0.2) is 5.96 Å². The monoisotopic (exact) mass is 305 g/mol. The Balaban J connectivity index is 0. The van der Waals surface area contributed by atoms with Crippen molar-refractivity contribution < 1.29 is 19.8 Å². The maximum Gasteiger partial charge on any atom is 0.320 e. The van der Waals surface area contributed by atoms with E-state index in [-0.39, 0.29) is 11.9 Å². The molecule has 0 saturated carbocycles. The first-order valence-electron chi connectivity index (χ1n) is 6.65. The summed E-state index contributed by atoms with van der Waals surface area (Å²) >= 11 is 0. The van der Waals surface area contributed by atoms with Crippen LogP contribution in [0.4, 0.5) is 0 Å². The number of aliphatic carboxylic acids is 2. The predicted octanol–water partition coefficient (Wildman–Crippen LogP) is -1.10. The Morgan fingerprint density at radius 1 is 1.14 bits per heavy atom. The van der Waals surface area contributed by atoms with Crippen LogP contribution in [0, 0.1) is 5.92 Å². The summed E-state index contributed by atoms with van der Waals surface area (Å²) in [5.74, 6) is -1.83. The minimum atomic E-state index is -1.00. The number of hydrogen-bond donors (Lipinski definition) is 6. The van der Waals surface area contributed by atoms with Gasteiger partial charge in [-0.1, -0.05) is 20.3 Å². The standard InChI is InChI=1S/C6H14N4O2.C6H13NO2/c7-4(5(11)12)2-1-3-10-6(8)9;1-3-4(2)5(7)6(8)9/h4H,1-3,7H2,(H,11,12)(H4,8,9,10);4-5H,3,7H2,1-2H3,(H,8,9)/t4-;4?,5-/m10/s1. The number of carboxylic acid groups (broad SMARTS) is 2. The van der Waals surface area contributed by atoms with E-state index in [2.05, 4.69) is 4.99 Å². The van der Waals surface area contributed by atoms with Crippen molar-refractivity contribution in [2.24, 2.45) is 33.8 Å². The first-order valence-corrected chi connectivity index (χ1v) is 6.65. The summed E-state index contributed by atoms with van der Waals surface area (Å²) in [7, 11) is 0. The average molecular weight is 305 g/mol. The molecular weight excluding hydrogens is 278 g/mol. The molecule has 0 aliphatic rings. The minimum Gasteiger partial charge on any atom is -0.480 e. The number of nitrogens with two attached hydrogens (primary N) is 4. The lowest BCUT2D eigenvalue weighted by atomic mass is 10.0. The van der Waals surface area contributed by atoms with E-state index in [9.17, 15) is 9.59 Å². The summed E-state index contributed by atoms with van der Waals surface area (Å²) in [6.45, 7) is 4.18. The number of hydrogen-bond acceptors (Lipinski definition) is 5. The molecule has 0 rings (SSSR count). The molecule has 10 N–H and O–H groups in total. The second-order valence-corrected chi connectivity index (χ2v) is 4.64. The van der Waals surface area contributed by atoms with Gasteiger partial charge in [-0.05, 0) is 18.8 Å². The fourth-order valence-corrected chi connectivity index (χ4v) is 1.14. The summed E-state index contributed by atoms with van der Waals surface area (Å²) in [5, 5.41) is 16.7. The van der Waals surface area contributed by atoms with Crippen LogP contribution in [0.15, 0.2) is 4.99 Å². The average Bonchev–Trinajstić information content (AvgIpc) is 2.41. The van der Waals surface area contributed by atoms with Crippen LogP contribution in [0.5, 0.6) is 0 Å². The zero-order chi connectivity index (χ0) is 17.0. The molecule has 1 unspecified atom stereocenters. The largest absolute Gasteiger partial charge is 0.480 e. The van der Waals surface area contributed by atoms with Gasteiger partial charge in [-0.3, -0.25) is 14.6 Å². The van der Waals surface area contributed by atoms with Crippen molar-refractivity contribution in [2.75, 3.05) is 6.54 Å². The van der Waals surface area contributed by atoms with Crippen LogP contribution in [0.1, 0.15) is 33.1 Å². The second-order valence-electron chi connectivity index (χ2n) is 4.64. The molecule has 0 heterocycles. The van der Waals surface area contributed by atoms with E-state index < -0.39 is 24.0 Å². The molecule has 0 amide bonds. The van der Waals surface area contributed by atoms with Gasteiger partial charge in [0.25, 0.3) is 0 Å². The van der Waals surface area contributed by atoms with Gasteiger partial charge in [0.2, 0.25) is 0 Å². The molecule has 0 aliphatic carbocycles. The number of nitrogens with zero attached hydrogens (tertiary/aromatic N) is 1. The summed E-state index contributed by atoms with van der Waals surface area (Å²) in [6.07, 6.45) is 1.77. The highest BCUT2D eigenvalue weighted by atomic mass is 16.4. The molecule has 3 atom stereocenters. The van der Waals surface area contributed by atoms with E-state index in [1.54, 1.807) is 0 Å². The van der Waals surface area contributed by atoms with Crippen LogP contribution < -0.4 is 22.9 Å². The molecule has 0 aromatic rings. The molecule has 0 bridgehead atoms.